The predicted molar refractivity (Wildman–Crippen MR) is 131 cm³/mol. The summed E-state index contributed by atoms with van der Waals surface area (Å²) >= 11 is 5.95. The van der Waals surface area contributed by atoms with Gasteiger partial charge in [-0.1, -0.05) is 74.3 Å². The molecule has 0 fully saturated rings. The molecule has 0 aliphatic carbocycles. The average Bonchev–Trinajstić information content (AvgIpc) is 3.29. The summed E-state index contributed by atoms with van der Waals surface area (Å²) in [6, 6.07) is 16.9. The molecule has 1 atom stereocenters. The average molecular weight is 479 g/mol. The van der Waals surface area contributed by atoms with Gasteiger partial charge in [-0.15, -0.1) is 10.2 Å². The van der Waals surface area contributed by atoms with Crippen molar-refractivity contribution in [3.8, 4) is 17.3 Å². The summed E-state index contributed by atoms with van der Waals surface area (Å²) in [5.41, 5.74) is 1.46. The molecular formula is C26H27ClN4O3. The molecule has 2 aromatic heterocycles. The first-order valence-corrected chi connectivity index (χ1v) is 11.9. The number of hydrogen-bond acceptors (Lipinski definition) is 6. The monoisotopic (exact) mass is 478 g/mol. The largest absolute Gasteiger partial charge is 0.493 e. The molecule has 0 radical (unpaired) electrons. The Morgan fingerprint density at radius 3 is 2.47 bits per heavy atom. The maximum Gasteiger partial charge on any atom is 0.270 e. The van der Waals surface area contributed by atoms with Crippen LogP contribution in [0.2, 0.25) is 5.02 Å². The molecule has 0 saturated carbocycles. The van der Waals surface area contributed by atoms with Crippen molar-refractivity contribution in [3.05, 3.63) is 92.8 Å². The van der Waals surface area contributed by atoms with Crippen molar-refractivity contribution < 1.29 is 9.52 Å². The summed E-state index contributed by atoms with van der Waals surface area (Å²) in [4.78, 5) is 18.2. The number of hydrogen-bond donors (Lipinski definition) is 1. The lowest BCUT2D eigenvalue weighted by Crippen LogP contribution is -2.31. The van der Waals surface area contributed by atoms with Crippen molar-refractivity contribution in [2.24, 2.45) is 0 Å². The minimum absolute atomic E-state index is 0.0438. The Balaban J connectivity index is 1.78. The molecule has 1 N–H and O–H groups in total. The van der Waals surface area contributed by atoms with E-state index >= 15 is 0 Å². The Bertz CT molecular complexity index is 1300. The van der Waals surface area contributed by atoms with Crippen LogP contribution in [-0.2, 0) is 12.8 Å². The van der Waals surface area contributed by atoms with Gasteiger partial charge in [-0.25, -0.2) is 0 Å². The highest BCUT2D eigenvalue weighted by Gasteiger charge is 2.26. The van der Waals surface area contributed by atoms with Crippen LogP contribution in [0.5, 0.6) is 5.88 Å². The van der Waals surface area contributed by atoms with Crippen molar-refractivity contribution in [1.82, 2.24) is 19.7 Å². The van der Waals surface area contributed by atoms with E-state index in [1.165, 1.54) is 0 Å². The topological polar surface area (TPSA) is 94.0 Å². The second kappa shape index (κ2) is 10.7. The highest BCUT2D eigenvalue weighted by molar-refractivity contribution is 6.30. The molecule has 34 heavy (non-hydrogen) atoms. The number of rotatable bonds is 9. The molecule has 176 valence electrons. The fourth-order valence-corrected chi connectivity index (χ4v) is 4.16. The first-order chi connectivity index (χ1) is 16.5. The van der Waals surface area contributed by atoms with E-state index in [0.29, 0.717) is 36.0 Å². The van der Waals surface area contributed by atoms with Crippen molar-refractivity contribution in [2.75, 3.05) is 0 Å². The Kier molecular flexibility index (Phi) is 7.43. The summed E-state index contributed by atoms with van der Waals surface area (Å²) in [5, 5.41) is 19.5. The van der Waals surface area contributed by atoms with Gasteiger partial charge in [0.15, 0.2) is 5.56 Å². The molecule has 2 heterocycles. The molecule has 0 saturated heterocycles. The third-order valence-corrected chi connectivity index (χ3v) is 6.01. The second-order valence-corrected chi connectivity index (χ2v) is 8.58. The zero-order chi connectivity index (χ0) is 24.1. The third kappa shape index (κ3) is 5.04. The molecule has 4 aromatic rings. The van der Waals surface area contributed by atoms with Gasteiger partial charge < -0.3 is 9.52 Å². The van der Waals surface area contributed by atoms with Crippen LogP contribution in [0.3, 0.4) is 0 Å². The molecule has 0 bridgehead atoms. The molecule has 0 amide bonds. The minimum atomic E-state index is -0.393. The van der Waals surface area contributed by atoms with Crippen molar-refractivity contribution in [2.45, 2.75) is 52.0 Å². The summed E-state index contributed by atoms with van der Waals surface area (Å²) in [6.45, 7) is 4.10. The van der Waals surface area contributed by atoms with E-state index in [2.05, 4.69) is 22.1 Å². The second-order valence-electron chi connectivity index (χ2n) is 8.14. The highest BCUT2D eigenvalue weighted by Crippen LogP contribution is 2.28. The van der Waals surface area contributed by atoms with Crippen LogP contribution in [0.1, 0.15) is 62.0 Å². The number of halogens is 1. The molecular weight excluding hydrogens is 452 g/mol. The molecule has 0 aliphatic rings. The standard InChI is InChI=1S/C26H27ClN4O3/c1-3-5-11-21-28-24(32)23(26(33)31(21)20(4-2)18-9-7-6-8-10-18)25-30-29-22(34-25)16-17-12-14-19(27)15-13-17/h6-10,12-15,20,32H,3-5,11,16H2,1-2H3/t20-/m0/s1. The van der Waals surface area contributed by atoms with Gasteiger partial charge in [0, 0.05) is 11.4 Å². The van der Waals surface area contributed by atoms with Crippen LogP contribution >= 0.6 is 11.6 Å². The Morgan fingerprint density at radius 1 is 1.06 bits per heavy atom. The first-order valence-electron chi connectivity index (χ1n) is 11.5. The Hall–Kier alpha value is -3.45. The van der Waals surface area contributed by atoms with Crippen molar-refractivity contribution >= 4 is 11.6 Å². The number of benzene rings is 2. The molecule has 0 aliphatic heterocycles. The fourth-order valence-electron chi connectivity index (χ4n) is 4.03. The van der Waals surface area contributed by atoms with Gasteiger partial charge >= 0.3 is 0 Å². The number of aromatic hydroxyl groups is 1. The van der Waals surface area contributed by atoms with Gasteiger partial charge in [0.05, 0.1) is 12.5 Å². The van der Waals surface area contributed by atoms with Crippen LogP contribution in [0.25, 0.3) is 11.5 Å². The molecule has 4 rings (SSSR count). The zero-order valence-electron chi connectivity index (χ0n) is 19.2. The molecule has 7 nitrogen and oxygen atoms in total. The summed E-state index contributed by atoms with van der Waals surface area (Å²) in [5.74, 6) is 0.437. The van der Waals surface area contributed by atoms with Gasteiger partial charge in [0.2, 0.25) is 11.8 Å². The fraction of sp³-hybridized carbons (Fsp3) is 0.308. The highest BCUT2D eigenvalue weighted by atomic mass is 35.5. The van der Waals surface area contributed by atoms with E-state index < -0.39 is 11.4 Å². The van der Waals surface area contributed by atoms with E-state index in [1.807, 2.05) is 49.4 Å². The Labute approximate surface area is 203 Å². The SMILES string of the molecule is CCCCc1nc(O)c(-c2nnc(Cc3ccc(Cl)cc3)o2)c(=O)n1[C@@H](CC)c1ccccc1. The summed E-state index contributed by atoms with van der Waals surface area (Å²) < 4.78 is 7.46. The third-order valence-electron chi connectivity index (χ3n) is 5.76. The normalized spacial score (nSPS) is 12.1. The van der Waals surface area contributed by atoms with Gasteiger partial charge in [-0.05, 0) is 36.1 Å². The lowest BCUT2D eigenvalue weighted by atomic mass is 10.0. The smallest absolute Gasteiger partial charge is 0.270 e. The van der Waals surface area contributed by atoms with E-state index in [1.54, 1.807) is 16.7 Å². The quantitative estimate of drug-likeness (QED) is 0.337. The number of aromatic nitrogens is 4. The van der Waals surface area contributed by atoms with Gasteiger partial charge in [-0.2, -0.15) is 4.98 Å². The van der Waals surface area contributed by atoms with Gasteiger partial charge in [0.1, 0.15) is 5.82 Å². The van der Waals surface area contributed by atoms with Crippen molar-refractivity contribution in [1.29, 1.82) is 0 Å². The van der Waals surface area contributed by atoms with E-state index in [4.69, 9.17) is 16.0 Å². The van der Waals surface area contributed by atoms with Crippen molar-refractivity contribution in [3.63, 3.8) is 0 Å². The van der Waals surface area contributed by atoms with Crippen LogP contribution in [0.15, 0.2) is 63.8 Å². The molecule has 2 aromatic carbocycles. The summed E-state index contributed by atoms with van der Waals surface area (Å²) in [6.07, 6.45) is 3.43. The Morgan fingerprint density at radius 2 is 1.79 bits per heavy atom. The van der Waals surface area contributed by atoms with Crippen LogP contribution in [-0.4, -0.2) is 24.9 Å². The lowest BCUT2D eigenvalue weighted by Gasteiger charge is -2.23. The van der Waals surface area contributed by atoms with Gasteiger partial charge in [-0.3, -0.25) is 9.36 Å². The minimum Gasteiger partial charge on any atom is -0.493 e. The lowest BCUT2D eigenvalue weighted by molar-refractivity contribution is 0.425. The van der Waals surface area contributed by atoms with Crippen LogP contribution < -0.4 is 5.56 Å². The number of unbranched alkanes of at least 4 members (excludes halogenated alkanes) is 1. The zero-order valence-corrected chi connectivity index (χ0v) is 20.0. The van der Waals surface area contributed by atoms with E-state index in [-0.39, 0.29) is 17.5 Å². The van der Waals surface area contributed by atoms with E-state index in [9.17, 15) is 9.90 Å². The van der Waals surface area contributed by atoms with Crippen LogP contribution in [0.4, 0.5) is 0 Å². The molecule has 8 heteroatoms. The van der Waals surface area contributed by atoms with E-state index in [0.717, 1.165) is 24.0 Å². The maximum absolute atomic E-state index is 13.8. The number of aryl methyl sites for hydroxylation is 1. The first kappa shape index (κ1) is 23.7. The predicted octanol–water partition coefficient (Wildman–Crippen LogP) is 5.59. The molecule has 0 spiro atoms. The summed E-state index contributed by atoms with van der Waals surface area (Å²) in [7, 11) is 0. The van der Waals surface area contributed by atoms with Gasteiger partial charge in [0.25, 0.3) is 11.4 Å². The number of nitrogens with zero attached hydrogens (tertiary/aromatic N) is 4. The van der Waals surface area contributed by atoms with Crippen LogP contribution in [0, 0.1) is 0 Å². The molecule has 0 unspecified atom stereocenters. The maximum atomic E-state index is 13.8.